The predicted molar refractivity (Wildman–Crippen MR) is 20.9 cm³/mol. The fourth-order valence-electron chi connectivity index (χ4n) is 0. The van der Waals surface area contributed by atoms with Gasteiger partial charge in [0.25, 0.3) is 0 Å². The molecule has 0 aliphatic carbocycles. The first-order valence-electron chi connectivity index (χ1n) is 0.739. The molecule has 0 amide bonds. The number of rotatable bonds is 1. The van der Waals surface area contributed by atoms with E-state index in [0.29, 0.717) is 12.0 Å². The molecule has 0 aromatic carbocycles. The van der Waals surface area contributed by atoms with Crippen LogP contribution in [0, 0.1) is 0 Å². The van der Waals surface area contributed by atoms with Crippen molar-refractivity contribution >= 4 is 23.6 Å². The van der Waals surface area contributed by atoms with Gasteiger partial charge < -0.3 is 4.55 Å². The van der Waals surface area contributed by atoms with Crippen LogP contribution < -0.4 is 0 Å². The molecule has 4 heavy (non-hydrogen) atoms. The van der Waals surface area contributed by atoms with Crippen LogP contribution in [0.1, 0.15) is 0 Å². The van der Waals surface area contributed by atoms with Crippen molar-refractivity contribution in [2.45, 2.75) is 0 Å². The van der Waals surface area contributed by atoms with E-state index in [4.69, 9.17) is 16.2 Å². The highest BCUT2D eigenvalue weighted by molar-refractivity contribution is 7.94. The van der Waals surface area contributed by atoms with Crippen molar-refractivity contribution in [2.75, 3.05) is 5.21 Å². The van der Waals surface area contributed by atoms with Gasteiger partial charge in [-0.05, 0) is 0 Å². The van der Waals surface area contributed by atoms with Crippen LogP contribution in [0.3, 0.4) is 0 Å². The van der Waals surface area contributed by atoms with Gasteiger partial charge in [-0.15, -0.1) is 11.6 Å². The Morgan fingerprint density at radius 2 is 2.25 bits per heavy atom. The Labute approximate surface area is 34.2 Å². The van der Waals surface area contributed by atoms with Gasteiger partial charge >= 0.3 is 0 Å². The first-order valence-corrected chi connectivity index (χ1v) is 2.22. The summed E-state index contributed by atoms with van der Waals surface area (Å²) in [5, 5.41) is 0.264. The Morgan fingerprint density at radius 1 is 2.00 bits per heavy atom. The Hall–Kier alpha value is 0.600. The van der Waals surface area contributed by atoms with Gasteiger partial charge in [0.1, 0.15) is 0 Å². The van der Waals surface area contributed by atoms with E-state index in [-0.39, 0.29) is 5.21 Å². The molecule has 1 nitrogen and oxygen atoms in total. The van der Waals surface area contributed by atoms with Gasteiger partial charge in [0, 0.05) is 12.0 Å². The highest BCUT2D eigenvalue weighted by Gasteiger charge is 1.60. The largest absolute Gasteiger partial charge is 0.329 e. The molecule has 0 saturated carbocycles. The Morgan fingerprint density at radius 3 is 2.25 bits per heavy atom. The molecule has 0 fully saturated rings. The normalized spacial score (nSPS) is 7.50. The topological polar surface area (TPSA) is 20.2 Å². The van der Waals surface area contributed by atoms with Crippen molar-refractivity contribution < 1.29 is 4.55 Å². The lowest BCUT2D eigenvalue weighted by Crippen LogP contribution is -1.46. The highest BCUT2D eigenvalue weighted by atomic mass is 35.5. The maximum atomic E-state index is 7.66. The van der Waals surface area contributed by atoms with E-state index >= 15 is 0 Å². The van der Waals surface area contributed by atoms with E-state index in [2.05, 4.69) is 0 Å². The van der Waals surface area contributed by atoms with Crippen molar-refractivity contribution in [3.05, 3.63) is 0 Å². The standard InChI is InChI=1S/CH3ClOS/c2-1-4-3/h3H,1H2. The highest BCUT2D eigenvalue weighted by Crippen LogP contribution is 1.90. The molecule has 26 valence electrons. The van der Waals surface area contributed by atoms with Crippen LogP contribution in [0.25, 0.3) is 0 Å². The average Bonchev–Trinajstić information content (AvgIpc) is 1.37. The van der Waals surface area contributed by atoms with Crippen LogP contribution in [0.5, 0.6) is 0 Å². The third kappa shape index (κ3) is 2.60. The van der Waals surface area contributed by atoms with E-state index < -0.39 is 0 Å². The van der Waals surface area contributed by atoms with Gasteiger partial charge in [-0.25, -0.2) is 0 Å². The summed E-state index contributed by atoms with van der Waals surface area (Å²) in [4.78, 5) is 0. The van der Waals surface area contributed by atoms with Crippen LogP contribution in [-0.4, -0.2) is 9.76 Å². The maximum absolute atomic E-state index is 7.66. The van der Waals surface area contributed by atoms with Gasteiger partial charge in [0.2, 0.25) is 0 Å². The average molecular weight is 98.6 g/mol. The van der Waals surface area contributed by atoms with Crippen molar-refractivity contribution in [3.63, 3.8) is 0 Å². The summed E-state index contributed by atoms with van der Waals surface area (Å²) in [6, 6.07) is 0. The molecular formula is CH3ClOS. The molecule has 0 bridgehead atoms. The van der Waals surface area contributed by atoms with Gasteiger partial charge in [0.15, 0.2) is 0 Å². The van der Waals surface area contributed by atoms with E-state index in [0.717, 1.165) is 0 Å². The minimum Gasteiger partial charge on any atom is -0.329 e. The van der Waals surface area contributed by atoms with Crippen molar-refractivity contribution in [2.24, 2.45) is 0 Å². The summed E-state index contributed by atoms with van der Waals surface area (Å²) in [7, 11) is 0. The quantitative estimate of drug-likeness (QED) is 0.395. The van der Waals surface area contributed by atoms with Crippen LogP contribution in [0.4, 0.5) is 0 Å². The predicted octanol–water partition coefficient (Wildman–Crippen LogP) is 1.39. The number of hydrogen-bond acceptors (Lipinski definition) is 2. The molecule has 0 spiro atoms. The van der Waals surface area contributed by atoms with Gasteiger partial charge in [-0.1, -0.05) is 0 Å². The molecule has 0 rings (SSSR count). The Kier molecular flexibility index (Phi) is 4.14. The zero-order chi connectivity index (χ0) is 3.41. The summed E-state index contributed by atoms with van der Waals surface area (Å²) in [5.41, 5.74) is 0. The molecule has 0 aromatic rings. The fraction of sp³-hybridized carbons (Fsp3) is 1.00. The zero-order valence-electron chi connectivity index (χ0n) is 1.94. The molecule has 1 N–H and O–H groups in total. The van der Waals surface area contributed by atoms with Gasteiger partial charge in [-0.3, -0.25) is 0 Å². The molecule has 0 aromatic heterocycles. The summed E-state index contributed by atoms with van der Waals surface area (Å²) < 4.78 is 7.66. The third-order valence-electron chi connectivity index (χ3n) is 0.0488. The van der Waals surface area contributed by atoms with E-state index in [1.165, 1.54) is 0 Å². The van der Waals surface area contributed by atoms with Crippen molar-refractivity contribution in [1.29, 1.82) is 0 Å². The molecule has 0 aliphatic rings. The summed E-state index contributed by atoms with van der Waals surface area (Å²) >= 11 is 5.52. The monoisotopic (exact) mass is 98.0 g/mol. The van der Waals surface area contributed by atoms with Crippen molar-refractivity contribution in [3.8, 4) is 0 Å². The molecule has 0 aliphatic heterocycles. The molecule has 0 unspecified atom stereocenters. The fourth-order valence-corrected chi connectivity index (χ4v) is 0. The summed E-state index contributed by atoms with van der Waals surface area (Å²) in [6.45, 7) is 0. The number of alkyl halides is 1. The molecule has 3 heteroatoms. The molecule has 0 heterocycles. The first kappa shape index (κ1) is 4.60. The van der Waals surface area contributed by atoms with Gasteiger partial charge in [0.05, 0.1) is 5.21 Å². The molecule has 0 saturated heterocycles. The number of hydrogen-bond donors (Lipinski definition) is 1. The van der Waals surface area contributed by atoms with Crippen molar-refractivity contribution in [1.82, 2.24) is 0 Å². The smallest absolute Gasteiger partial charge is 0.0940 e. The lowest BCUT2D eigenvalue weighted by Gasteiger charge is -1.66. The van der Waals surface area contributed by atoms with Crippen LogP contribution in [-0.2, 0) is 0 Å². The lowest BCUT2D eigenvalue weighted by molar-refractivity contribution is 0.668. The second kappa shape index (κ2) is 3.60. The SMILES string of the molecule is OSCCl. The number of halogens is 1. The zero-order valence-corrected chi connectivity index (χ0v) is 3.51. The molecule has 0 radical (unpaired) electrons. The van der Waals surface area contributed by atoms with Crippen LogP contribution >= 0.6 is 23.6 Å². The lowest BCUT2D eigenvalue weighted by atomic mass is 11.9. The van der Waals surface area contributed by atoms with E-state index in [1.807, 2.05) is 0 Å². The second-order valence-corrected chi connectivity index (χ2v) is 1.37. The van der Waals surface area contributed by atoms with E-state index in [1.54, 1.807) is 0 Å². The van der Waals surface area contributed by atoms with Crippen LogP contribution in [0.2, 0.25) is 0 Å². The Balaban J connectivity index is 1.97. The Bertz CT molecular complexity index is 10.0. The molecule has 0 atom stereocenters. The second-order valence-electron chi connectivity index (χ2n) is 0.238. The summed E-state index contributed by atoms with van der Waals surface area (Å²) in [6.07, 6.45) is 0. The summed E-state index contributed by atoms with van der Waals surface area (Å²) in [5.74, 6) is 0. The minimum atomic E-state index is 0.264. The van der Waals surface area contributed by atoms with E-state index in [9.17, 15) is 0 Å². The third-order valence-corrected chi connectivity index (χ3v) is 0.439. The first-order chi connectivity index (χ1) is 1.91. The van der Waals surface area contributed by atoms with Crippen LogP contribution in [0.15, 0.2) is 0 Å². The molecular weight excluding hydrogens is 95.5 g/mol. The van der Waals surface area contributed by atoms with Gasteiger partial charge in [-0.2, -0.15) is 0 Å². The minimum absolute atomic E-state index is 0.264. The maximum Gasteiger partial charge on any atom is 0.0940 e.